The molecule has 0 spiro atoms. The summed E-state index contributed by atoms with van der Waals surface area (Å²) in [5.41, 5.74) is 0.947. The summed E-state index contributed by atoms with van der Waals surface area (Å²) in [5, 5.41) is 6.97. The zero-order valence-corrected chi connectivity index (χ0v) is 13.2. The second-order valence-corrected chi connectivity index (χ2v) is 5.68. The van der Waals surface area contributed by atoms with Crippen LogP contribution in [0.2, 0.25) is 0 Å². The Hall–Kier alpha value is -2.21. The lowest BCUT2D eigenvalue weighted by Gasteiger charge is -2.23. The molecule has 118 valence electrons. The van der Waals surface area contributed by atoms with Crippen LogP contribution in [0.1, 0.15) is 31.5 Å². The highest BCUT2D eigenvalue weighted by atomic mass is 19.1. The molecule has 5 nitrogen and oxygen atoms in total. The highest BCUT2D eigenvalue weighted by Crippen LogP contribution is 2.23. The summed E-state index contributed by atoms with van der Waals surface area (Å²) in [7, 11) is 3.49. The van der Waals surface area contributed by atoms with Crippen molar-refractivity contribution in [2.45, 2.75) is 25.9 Å². The molecule has 2 rings (SSSR count). The third kappa shape index (κ3) is 3.51. The van der Waals surface area contributed by atoms with Crippen LogP contribution in [-0.2, 0) is 4.79 Å². The van der Waals surface area contributed by atoms with Crippen molar-refractivity contribution in [1.29, 1.82) is 0 Å². The van der Waals surface area contributed by atoms with E-state index in [1.165, 1.54) is 6.07 Å². The predicted octanol–water partition coefficient (Wildman–Crippen LogP) is 2.84. The van der Waals surface area contributed by atoms with Gasteiger partial charge in [-0.05, 0) is 34.0 Å². The Morgan fingerprint density at radius 3 is 2.55 bits per heavy atom. The van der Waals surface area contributed by atoms with E-state index in [1.54, 1.807) is 54.3 Å². The Morgan fingerprint density at radius 2 is 2.00 bits per heavy atom. The van der Waals surface area contributed by atoms with E-state index in [4.69, 9.17) is 0 Å². The fraction of sp³-hybridized carbons (Fsp3) is 0.375. The summed E-state index contributed by atoms with van der Waals surface area (Å²) in [5.74, 6) is -0.687. The minimum atomic E-state index is -0.705. The SMILES string of the molecule is CC(C)n1cc(NC(=O)C(c2ccccc2F)N(C)C)cn1. The molecule has 1 amide bonds. The van der Waals surface area contributed by atoms with Crippen LogP contribution >= 0.6 is 0 Å². The Balaban J connectivity index is 2.22. The summed E-state index contributed by atoms with van der Waals surface area (Å²) in [6.45, 7) is 4.00. The van der Waals surface area contributed by atoms with Crippen LogP contribution in [0.5, 0.6) is 0 Å². The van der Waals surface area contributed by atoms with Crippen LogP contribution < -0.4 is 5.32 Å². The third-order valence-electron chi connectivity index (χ3n) is 3.36. The first-order chi connectivity index (χ1) is 10.4. The van der Waals surface area contributed by atoms with Gasteiger partial charge in [-0.15, -0.1) is 0 Å². The van der Waals surface area contributed by atoms with E-state index in [-0.39, 0.29) is 11.9 Å². The van der Waals surface area contributed by atoms with E-state index in [9.17, 15) is 9.18 Å². The molecule has 2 aromatic rings. The number of carbonyl (C=O) groups is 1. The molecule has 0 fully saturated rings. The van der Waals surface area contributed by atoms with E-state index in [0.717, 1.165) is 0 Å². The van der Waals surface area contributed by atoms with Crippen molar-refractivity contribution in [1.82, 2.24) is 14.7 Å². The van der Waals surface area contributed by atoms with Crippen LogP contribution in [0.25, 0.3) is 0 Å². The van der Waals surface area contributed by atoms with Gasteiger partial charge < -0.3 is 5.32 Å². The number of hydrogen-bond donors (Lipinski definition) is 1. The number of nitrogens with zero attached hydrogens (tertiary/aromatic N) is 3. The molecule has 0 aliphatic rings. The average Bonchev–Trinajstić information content (AvgIpc) is 2.89. The molecule has 1 unspecified atom stereocenters. The molecule has 22 heavy (non-hydrogen) atoms. The summed E-state index contributed by atoms with van der Waals surface area (Å²) in [6.07, 6.45) is 3.35. The second kappa shape index (κ2) is 6.70. The number of amides is 1. The number of halogens is 1. The van der Waals surface area contributed by atoms with Crippen LogP contribution in [0.15, 0.2) is 36.7 Å². The molecule has 1 aromatic carbocycles. The maximum atomic E-state index is 14.0. The van der Waals surface area contributed by atoms with Gasteiger partial charge in [0.25, 0.3) is 0 Å². The molecular weight excluding hydrogens is 283 g/mol. The fourth-order valence-corrected chi connectivity index (χ4v) is 2.25. The number of aromatic nitrogens is 2. The van der Waals surface area contributed by atoms with E-state index in [2.05, 4.69) is 10.4 Å². The number of likely N-dealkylation sites (N-methyl/N-ethyl adjacent to an activating group) is 1. The van der Waals surface area contributed by atoms with Crippen LogP contribution in [0.3, 0.4) is 0 Å². The molecule has 0 bridgehead atoms. The lowest BCUT2D eigenvalue weighted by molar-refractivity contribution is -0.120. The monoisotopic (exact) mass is 304 g/mol. The first kappa shape index (κ1) is 16.2. The van der Waals surface area contributed by atoms with Gasteiger partial charge in [-0.2, -0.15) is 5.10 Å². The summed E-state index contributed by atoms with van der Waals surface area (Å²) < 4.78 is 15.7. The molecule has 0 saturated carbocycles. The van der Waals surface area contributed by atoms with Gasteiger partial charge in [-0.1, -0.05) is 18.2 Å². The van der Waals surface area contributed by atoms with Gasteiger partial charge >= 0.3 is 0 Å². The standard InChI is InChI=1S/C16H21FN4O/c1-11(2)21-10-12(9-18-21)19-16(22)15(20(3)4)13-7-5-6-8-14(13)17/h5-11,15H,1-4H3,(H,19,22). The Morgan fingerprint density at radius 1 is 1.32 bits per heavy atom. The van der Waals surface area contributed by atoms with Crippen molar-refractivity contribution in [2.24, 2.45) is 0 Å². The summed E-state index contributed by atoms with van der Waals surface area (Å²) in [6, 6.07) is 5.81. The van der Waals surface area contributed by atoms with Crippen molar-refractivity contribution in [3.05, 3.63) is 48.0 Å². The molecule has 1 aromatic heterocycles. The van der Waals surface area contributed by atoms with Crippen LogP contribution in [0, 0.1) is 5.82 Å². The van der Waals surface area contributed by atoms with Crippen LogP contribution in [-0.4, -0.2) is 34.7 Å². The number of carbonyl (C=O) groups excluding carboxylic acids is 1. The number of rotatable bonds is 5. The Bertz CT molecular complexity index is 651. The summed E-state index contributed by atoms with van der Waals surface area (Å²) >= 11 is 0. The van der Waals surface area contributed by atoms with E-state index in [1.807, 2.05) is 13.8 Å². The average molecular weight is 304 g/mol. The fourth-order valence-electron chi connectivity index (χ4n) is 2.25. The largest absolute Gasteiger partial charge is 0.322 e. The van der Waals surface area contributed by atoms with Gasteiger partial charge in [-0.3, -0.25) is 14.4 Å². The molecular formula is C16H21FN4O. The zero-order chi connectivity index (χ0) is 16.3. The van der Waals surface area contributed by atoms with E-state index >= 15 is 0 Å². The molecule has 0 aliphatic carbocycles. The lowest BCUT2D eigenvalue weighted by atomic mass is 10.0. The number of hydrogen-bond acceptors (Lipinski definition) is 3. The second-order valence-electron chi connectivity index (χ2n) is 5.68. The van der Waals surface area contributed by atoms with Crippen LogP contribution in [0.4, 0.5) is 10.1 Å². The quantitative estimate of drug-likeness (QED) is 0.924. The first-order valence-electron chi connectivity index (χ1n) is 7.16. The summed E-state index contributed by atoms with van der Waals surface area (Å²) in [4.78, 5) is 14.2. The topological polar surface area (TPSA) is 50.2 Å². The van der Waals surface area contributed by atoms with Crippen molar-refractivity contribution >= 4 is 11.6 Å². The van der Waals surface area contributed by atoms with Gasteiger partial charge in [0.1, 0.15) is 11.9 Å². The van der Waals surface area contributed by atoms with Crippen molar-refractivity contribution in [3.8, 4) is 0 Å². The highest BCUT2D eigenvalue weighted by Gasteiger charge is 2.26. The minimum Gasteiger partial charge on any atom is -0.322 e. The normalized spacial score (nSPS) is 12.7. The molecule has 1 atom stereocenters. The smallest absolute Gasteiger partial charge is 0.246 e. The van der Waals surface area contributed by atoms with Crippen molar-refractivity contribution < 1.29 is 9.18 Å². The first-order valence-corrected chi connectivity index (χ1v) is 7.16. The van der Waals surface area contributed by atoms with Gasteiger partial charge in [0, 0.05) is 17.8 Å². The highest BCUT2D eigenvalue weighted by molar-refractivity contribution is 5.95. The maximum absolute atomic E-state index is 14.0. The minimum absolute atomic E-state index is 0.210. The van der Waals surface area contributed by atoms with E-state index in [0.29, 0.717) is 11.3 Å². The third-order valence-corrected chi connectivity index (χ3v) is 3.36. The number of anilines is 1. The van der Waals surface area contributed by atoms with E-state index < -0.39 is 11.9 Å². The molecule has 0 aliphatic heterocycles. The lowest BCUT2D eigenvalue weighted by Crippen LogP contribution is -2.32. The van der Waals surface area contributed by atoms with Gasteiger partial charge in [-0.25, -0.2) is 4.39 Å². The maximum Gasteiger partial charge on any atom is 0.246 e. The van der Waals surface area contributed by atoms with Gasteiger partial charge in [0.05, 0.1) is 11.9 Å². The molecule has 1 heterocycles. The number of benzene rings is 1. The zero-order valence-electron chi connectivity index (χ0n) is 13.2. The van der Waals surface area contributed by atoms with Crippen molar-refractivity contribution in [2.75, 3.05) is 19.4 Å². The van der Waals surface area contributed by atoms with Crippen molar-refractivity contribution in [3.63, 3.8) is 0 Å². The Labute approximate surface area is 129 Å². The molecule has 1 N–H and O–H groups in total. The molecule has 0 saturated heterocycles. The van der Waals surface area contributed by atoms with Gasteiger partial charge in [0.15, 0.2) is 0 Å². The molecule has 6 heteroatoms. The number of nitrogens with one attached hydrogen (secondary N) is 1. The van der Waals surface area contributed by atoms with Gasteiger partial charge in [0.2, 0.25) is 5.91 Å². The molecule has 0 radical (unpaired) electrons. The predicted molar refractivity (Wildman–Crippen MR) is 84.1 cm³/mol. The Kier molecular flexibility index (Phi) is 4.92.